The maximum atomic E-state index is 11.1. The van der Waals surface area contributed by atoms with Crippen molar-refractivity contribution in [1.29, 1.82) is 0 Å². The monoisotopic (exact) mass is 217 g/mol. The lowest BCUT2D eigenvalue weighted by Gasteiger charge is -2.17. The van der Waals surface area contributed by atoms with Gasteiger partial charge in [-0.25, -0.2) is 4.79 Å². The number of nitrogens with one attached hydrogen (secondary N) is 1. The minimum atomic E-state index is -0.664. The first-order chi connectivity index (χ1) is 7.08. The number of carbonyl (C=O) groups is 2. The maximum Gasteiger partial charge on any atom is 0.337 e. The normalized spacial score (nSPS) is 26.3. The molecule has 0 bridgehead atoms. The Balaban J connectivity index is 2.49. The van der Waals surface area contributed by atoms with Crippen LogP contribution < -0.4 is 11.1 Å². The topological polar surface area (TPSA) is 93.9 Å². The van der Waals surface area contributed by atoms with Crippen LogP contribution in [0.1, 0.15) is 6.42 Å². The Morgan fingerprint density at radius 1 is 1.67 bits per heavy atom. The van der Waals surface area contributed by atoms with Crippen LogP contribution in [-0.2, 0) is 19.2 Å². The van der Waals surface area contributed by atoms with Crippen molar-refractivity contribution in [3.8, 4) is 0 Å². The Morgan fingerprint density at radius 2 is 2.33 bits per heavy atom. The summed E-state index contributed by atoms with van der Waals surface area (Å²) in [4.78, 5) is 27.3. The number of esters is 1. The molecule has 1 fully saturated rings. The number of nitrogens with two attached hydrogens (primary N) is 1. The highest BCUT2D eigenvalue weighted by Crippen LogP contribution is 2.18. The largest absolute Gasteiger partial charge is 0.467 e. The number of rotatable bonds is 3. The molecule has 15 heavy (non-hydrogen) atoms. The molecule has 86 valence electrons. The Bertz CT molecular complexity index is 258. The number of hydrogen-bond acceptors (Lipinski definition) is 6. The van der Waals surface area contributed by atoms with Gasteiger partial charge in [-0.1, -0.05) is 0 Å². The molecule has 1 aliphatic heterocycles. The Kier molecular flexibility index (Phi) is 4.01. The first kappa shape index (κ1) is 11.9. The minimum Gasteiger partial charge on any atom is -0.467 e. The van der Waals surface area contributed by atoms with Crippen LogP contribution in [0.25, 0.3) is 0 Å². The second-order valence-electron chi connectivity index (χ2n) is 3.19. The van der Waals surface area contributed by atoms with Gasteiger partial charge in [-0.3, -0.25) is 9.63 Å². The van der Waals surface area contributed by atoms with Crippen LogP contribution in [0.2, 0.25) is 0 Å². The molecule has 0 aromatic rings. The van der Waals surface area contributed by atoms with Crippen LogP contribution in [0.4, 0.5) is 0 Å². The van der Waals surface area contributed by atoms with Crippen molar-refractivity contribution < 1.29 is 19.2 Å². The van der Waals surface area contributed by atoms with E-state index in [9.17, 15) is 9.59 Å². The van der Waals surface area contributed by atoms with Crippen molar-refractivity contribution in [2.75, 3.05) is 20.7 Å². The molecule has 1 heterocycles. The van der Waals surface area contributed by atoms with Crippen LogP contribution in [-0.4, -0.2) is 49.9 Å². The molecule has 7 nitrogen and oxygen atoms in total. The smallest absolute Gasteiger partial charge is 0.337 e. The number of ether oxygens (including phenoxy) is 1. The number of hydrogen-bond donors (Lipinski definition) is 2. The second kappa shape index (κ2) is 5.06. The van der Waals surface area contributed by atoms with E-state index in [4.69, 9.17) is 10.6 Å². The number of nitrogens with zero attached hydrogens (tertiary/aromatic N) is 1. The van der Waals surface area contributed by atoms with Gasteiger partial charge in [0.1, 0.15) is 6.17 Å². The van der Waals surface area contributed by atoms with E-state index >= 15 is 0 Å². The fraction of sp³-hybridized carbons (Fsp3) is 0.750. The highest BCUT2D eigenvalue weighted by molar-refractivity contribution is 5.78. The average molecular weight is 217 g/mol. The van der Waals surface area contributed by atoms with Crippen LogP contribution in [0, 0.1) is 0 Å². The summed E-state index contributed by atoms with van der Waals surface area (Å²) in [6.07, 6.45) is -0.650. The lowest BCUT2D eigenvalue weighted by atomic mass is 10.2. The van der Waals surface area contributed by atoms with Crippen LogP contribution in [0.3, 0.4) is 0 Å². The molecule has 0 aromatic carbocycles. The van der Waals surface area contributed by atoms with E-state index in [-0.39, 0.29) is 18.6 Å². The van der Waals surface area contributed by atoms with Gasteiger partial charge in [-0.2, -0.15) is 5.06 Å². The van der Waals surface area contributed by atoms with E-state index in [0.29, 0.717) is 6.42 Å². The molecule has 0 saturated carbocycles. The predicted octanol–water partition coefficient (Wildman–Crippen LogP) is -1.80. The van der Waals surface area contributed by atoms with Gasteiger partial charge < -0.3 is 15.8 Å². The Morgan fingerprint density at radius 3 is 2.87 bits per heavy atom. The molecule has 3 N–H and O–H groups in total. The minimum absolute atomic E-state index is 0.0900. The summed E-state index contributed by atoms with van der Waals surface area (Å²) in [7, 11) is 2.92. The van der Waals surface area contributed by atoms with Crippen molar-refractivity contribution in [1.82, 2.24) is 10.4 Å². The molecule has 7 heteroatoms. The summed E-state index contributed by atoms with van der Waals surface area (Å²) < 4.78 is 4.53. The molecule has 1 aliphatic rings. The fourth-order valence-corrected chi connectivity index (χ4v) is 1.33. The molecule has 0 unspecified atom stereocenters. The number of hydroxylamine groups is 2. The van der Waals surface area contributed by atoms with Crippen molar-refractivity contribution in [3.05, 3.63) is 0 Å². The zero-order chi connectivity index (χ0) is 11.4. The molecule has 0 radical (unpaired) electrons. The predicted molar refractivity (Wildman–Crippen MR) is 50.3 cm³/mol. The summed E-state index contributed by atoms with van der Waals surface area (Å²) in [5, 5.41) is 4.03. The third-order valence-electron chi connectivity index (χ3n) is 2.15. The molecule has 0 spiro atoms. The Labute approximate surface area is 87.4 Å². The zero-order valence-electron chi connectivity index (χ0n) is 8.73. The molecular formula is C8H15N3O4. The SMILES string of the molecule is COC(=O)[C@H]1C[C@H](NC(=O)CN)N(C)O1. The number of methoxy groups -OCH3 is 1. The van der Waals surface area contributed by atoms with E-state index < -0.39 is 12.1 Å². The summed E-state index contributed by atoms with van der Waals surface area (Å²) in [5.41, 5.74) is 5.15. The number of amides is 1. The van der Waals surface area contributed by atoms with Gasteiger partial charge in [0.2, 0.25) is 5.91 Å². The quantitative estimate of drug-likeness (QED) is 0.541. The fourth-order valence-electron chi connectivity index (χ4n) is 1.33. The molecule has 1 rings (SSSR count). The Hall–Kier alpha value is -1.18. The molecule has 2 atom stereocenters. The van der Waals surface area contributed by atoms with Gasteiger partial charge in [0.05, 0.1) is 13.7 Å². The third-order valence-corrected chi connectivity index (χ3v) is 2.15. The van der Waals surface area contributed by atoms with E-state index in [1.807, 2.05) is 0 Å². The summed E-state index contributed by atoms with van der Waals surface area (Å²) in [6.45, 7) is -0.0900. The van der Waals surface area contributed by atoms with Gasteiger partial charge in [0, 0.05) is 13.5 Å². The van der Waals surface area contributed by atoms with Crippen LogP contribution in [0.5, 0.6) is 0 Å². The summed E-state index contributed by atoms with van der Waals surface area (Å²) in [6, 6.07) is 0. The van der Waals surface area contributed by atoms with Crippen molar-refractivity contribution in [3.63, 3.8) is 0 Å². The van der Waals surface area contributed by atoms with Crippen LogP contribution in [0.15, 0.2) is 0 Å². The van der Waals surface area contributed by atoms with E-state index in [0.717, 1.165) is 0 Å². The summed E-state index contributed by atoms with van der Waals surface area (Å²) in [5.74, 6) is -0.743. The van der Waals surface area contributed by atoms with E-state index in [1.54, 1.807) is 7.05 Å². The molecule has 0 aromatic heterocycles. The van der Waals surface area contributed by atoms with Gasteiger partial charge in [-0.15, -0.1) is 0 Å². The lowest BCUT2D eigenvalue weighted by molar-refractivity contribution is -0.180. The molecule has 1 saturated heterocycles. The van der Waals surface area contributed by atoms with Gasteiger partial charge in [-0.05, 0) is 0 Å². The standard InChI is InChI=1S/C8H15N3O4/c1-11-6(10-7(12)4-9)3-5(15-11)8(13)14-2/h5-6H,3-4,9H2,1-2H3,(H,10,12)/t5-,6-/m1/s1. The molecule has 0 aliphatic carbocycles. The second-order valence-corrected chi connectivity index (χ2v) is 3.19. The maximum absolute atomic E-state index is 11.1. The molecule has 1 amide bonds. The van der Waals surface area contributed by atoms with Crippen LogP contribution >= 0.6 is 0 Å². The van der Waals surface area contributed by atoms with Gasteiger partial charge in [0.25, 0.3) is 0 Å². The third kappa shape index (κ3) is 2.88. The van der Waals surface area contributed by atoms with Gasteiger partial charge >= 0.3 is 5.97 Å². The zero-order valence-corrected chi connectivity index (χ0v) is 8.73. The molecular weight excluding hydrogens is 202 g/mol. The highest BCUT2D eigenvalue weighted by Gasteiger charge is 2.36. The number of carbonyl (C=O) groups excluding carboxylic acids is 2. The van der Waals surface area contributed by atoms with Crippen molar-refractivity contribution in [2.45, 2.75) is 18.7 Å². The van der Waals surface area contributed by atoms with E-state index in [1.165, 1.54) is 12.2 Å². The lowest BCUT2D eigenvalue weighted by Crippen LogP contribution is -2.44. The highest BCUT2D eigenvalue weighted by atomic mass is 16.7. The summed E-state index contributed by atoms with van der Waals surface area (Å²) >= 11 is 0. The average Bonchev–Trinajstić information content (AvgIpc) is 2.59. The first-order valence-electron chi connectivity index (χ1n) is 4.55. The van der Waals surface area contributed by atoms with Crippen molar-refractivity contribution in [2.24, 2.45) is 5.73 Å². The van der Waals surface area contributed by atoms with E-state index in [2.05, 4.69) is 10.1 Å². The van der Waals surface area contributed by atoms with Gasteiger partial charge in [0.15, 0.2) is 6.10 Å². The van der Waals surface area contributed by atoms with Crippen molar-refractivity contribution >= 4 is 11.9 Å². The first-order valence-corrected chi connectivity index (χ1v) is 4.55.